The van der Waals surface area contributed by atoms with E-state index >= 15 is 0 Å². The molecule has 0 amide bonds. The molecule has 112 valence electrons. The van der Waals surface area contributed by atoms with Crippen molar-refractivity contribution in [1.29, 1.82) is 0 Å². The summed E-state index contributed by atoms with van der Waals surface area (Å²) < 4.78 is 0. The molecule has 2 fully saturated rings. The van der Waals surface area contributed by atoms with Gasteiger partial charge in [-0.15, -0.1) is 0 Å². The topological polar surface area (TPSA) is 6.48 Å². The average molecular weight is 331 g/mol. The number of nitrogens with zero attached hydrogens (tertiary/aromatic N) is 2. The number of hydrogen-bond donors (Lipinski definition) is 0. The second kappa shape index (κ2) is 6.91. The second-order valence-electron chi connectivity index (χ2n) is 7.25. The summed E-state index contributed by atoms with van der Waals surface area (Å²) in [5, 5.41) is 1.19. The van der Waals surface area contributed by atoms with E-state index in [9.17, 15) is 0 Å². The van der Waals surface area contributed by atoms with E-state index < -0.39 is 0 Å². The van der Waals surface area contributed by atoms with Gasteiger partial charge in [-0.05, 0) is 38.3 Å². The van der Waals surface area contributed by atoms with Crippen molar-refractivity contribution in [2.75, 3.05) is 39.1 Å². The molecule has 2 rings (SSSR count). The van der Waals surface area contributed by atoms with Gasteiger partial charge in [-0.25, -0.2) is 0 Å². The summed E-state index contributed by atoms with van der Waals surface area (Å²) in [6.07, 6.45) is 8.63. The first-order valence-electron chi connectivity index (χ1n) is 8.01. The minimum atomic E-state index is 0.553. The molecule has 19 heavy (non-hydrogen) atoms. The molecule has 0 N–H and O–H groups in total. The van der Waals surface area contributed by atoms with Crippen LogP contribution in [0.5, 0.6) is 0 Å². The summed E-state index contributed by atoms with van der Waals surface area (Å²) in [5.74, 6) is 0.813. The average Bonchev–Trinajstić information content (AvgIpc) is 2.60. The van der Waals surface area contributed by atoms with E-state index in [4.69, 9.17) is 0 Å². The number of likely N-dealkylation sites (N-methyl/N-ethyl adjacent to an activating group) is 1. The zero-order valence-corrected chi connectivity index (χ0v) is 14.6. The maximum atomic E-state index is 3.83. The van der Waals surface area contributed by atoms with Crippen molar-refractivity contribution in [3.05, 3.63) is 0 Å². The molecular formula is C16H31BrN2. The van der Waals surface area contributed by atoms with Crippen molar-refractivity contribution in [2.45, 2.75) is 51.5 Å². The third-order valence-electron chi connectivity index (χ3n) is 5.32. The highest BCUT2D eigenvalue weighted by Crippen LogP contribution is 2.38. The Labute approximate surface area is 128 Å². The molecule has 2 aliphatic rings. The zero-order chi connectivity index (χ0) is 13.9. The van der Waals surface area contributed by atoms with Gasteiger partial charge in [0.1, 0.15) is 0 Å². The summed E-state index contributed by atoms with van der Waals surface area (Å²) in [5.41, 5.74) is 0.553. The van der Waals surface area contributed by atoms with E-state index in [1.165, 1.54) is 63.5 Å². The lowest BCUT2D eigenvalue weighted by molar-refractivity contribution is 0.165. The normalized spacial score (nSPS) is 32.7. The number of likely N-dealkylation sites (tertiary alicyclic amines) is 1. The van der Waals surface area contributed by atoms with E-state index in [1.54, 1.807) is 0 Å². The summed E-state index contributed by atoms with van der Waals surface area (Å²) in [7, 11) is 4.47. The lowest BCUT2D eigenvalue weighted by atomic mass is 9.82. The molecule has 1 heterocycles. The van der Waals surface area contributed by atoms with E-state index in [-0.39, 0.29) is 0 Å². The van der Waals surface area contributed by atoms with Crippen molar-refractivity contribution >= 4 is 15.9 Å². The smallest absolute Gasteiger partial charge is 0.0254 e. The SMILES string of the molecule is CC1CN(CC2(CBr)CCCCCC2)CC1N(C)C. The highest BCUT2D eigenvalue weighted by Gasteiger charge is 2.37. The first-order valence-corrected chi connectivity index (χ1v) is 9.13. The van der Waals surface area contributed by atoms with Gasteiger partial charge in [-0.1, -0.05) is 48.5 Å². The molecule has 2 atom stereocenters. The maximum absolute atomic E-state index is 3.83. The van der Waals surface area contributed by atoms with Crippen LogP contribution in [0.1, 0.15) is 45.4 Å². The molecule has 1 aliphatic heterocycles. The molecule has 0 bridgehead atoms. The molecule has 1 saturated heterocycles. The van der Waals surface area contributed by atoms with Crippen LogP contribution >= 0.6 is 15.9 Å². The highest BCUT2D eigenvalue weighted by molar-refractivity contribution is 9.09. The van der Waals surface area contributed by atoms with Gasteiger partial charge >= 0.3 is 0 Å². The Kier molecular flexibility index (Phi) is 5.74. The maximum Gasteiger partial charge on any atom is 0.0254 e. The second-order valence-corrected chi connectivity index (χ2v) is 7.81. The number of halogens is 1. The van der Waals surface area contributed by atoms with Gasteiger partial charge in [0.2, 0.25) is 0 Å². The highest BCUT2D eigenvalue weighted by atomic mass is 79.9. The molecule has 3 heteroatoms. The first kappa shape index (κ1) is 15.8. The van der Waals surface area contributed by atoms with Gasteiger partial charge in [-0.2, -0.15) is 0 Å². The standard InChI is InChI=1S/C16H31BrN2/c1-14-10-19(11-15(14)18(2)3)13-16(12-17)8-6-4-5-7-9-16/h14-15H,4-13H2,1-3H3. The fourth-order valence-electron chi connectivity index (χ4n) is 4.14. The Balaban J connectivity index is 1.95. The molecule has 0 spiro atoms. The van der Waals surface area contributed by atoms with Crippen molar-refractivity contribution in [3.8, 4) is 0 Å². The van der Waals surface area contributed by atoms with Crippen molar-refractivity contribution < 1.29 is 0 Å². The van der Waals surface area contributed by atoms with Gasteiger partial charge in [0.05, 0.1) is 0 Å². The van der Waals surface area contributed by atoms with E-state index in [0.29, 0.717) is 5.41 Å². The lowest BCUT2D eigenvalue weighted by Gasteiger charge is -2.35. The van der Waals surface area contributed by atoms with Crippen molar-refractivity contribution in [2.24, 2.45) is 11.3 Å². The van der Waals surface area contributed by atoms with Crippen molar-refractivity contribution in [1.82, 2.24) is 9.80 Å². The van der Waals surface area contributed by atoms with E-state index in [2.05, 4.69) is 46.7 Å². The van der Waals surface area contributed by atoms with Crippen LogP contribution in [0.2, 0.25) is 0 Å². The quantitative estimate of drug-likeness (QED) is 0.574. The Morgan fingerprint density at radius 3 is 2.21 bits per heavy atom. The van der Waals surface area contributed by atoms with E-state index in [1.807, 2.05) is 0 Å². The minimum absolute atomic E-state index is 0.553. The fourth-order valence-corrected chi connectivity index (χ4v) is 4.87. The van der Waals surface area contributed by atoms with Crippen LogP contribution in [0.4, 0.5) is 0 Å². The molecule has 2 nitrogen and oxygen atoms in total. The number of alkyl halides is 1. The summed E-state index contributed by atoms with van der Waals surface area (Å²) in [4.78, 5) is 5.15. The Hall–Kier alpha value is 0.400. The van der Waals surface area contributed by atoms with Crippen LogP contribution in [-0.4, -0.2) is 54.9 Å². The van der Waals surface area contributed by atoms with Crippen LogP contribution < -0.4 is 0 Å². The molecule has 0 aromatic heterocycles. The largest absolute Gasteiger partial charge is 0.305 e. The summed E-state index contributed by atoms with van der Waals surface area (Å²) in [6.45, 7) is 6.28. The lowest BCUT2D eigenvalue weighted by Crippen LogP contribution is -2.39. The minimum Gasteiger partial charge on any atom is -0.305 e. The van der Waals surface area contributed by atoms with Crippen LogP contribution in [0.3, 0.4) is 0 Å². The van der Waals surface area contributed by atoms with Gasteiger partial charge in [0.25, 0.3) is 0 Å². The van der Waals surface area contributed by atoms with Crippen molar-refractivity contribution in [3.63, 3.8) is 0 Å². The predicted molar refractivity (Wildman–Crippen MR) is 87.0 cm³/mol. The Morgan fingerprint density at radius 2 is 1.74 bits per heavy atom. The van der Waals surface area contributed by atoms with Crippen LogP contribution in [-0.2, 0) is 0 Å². The monoisotopic (exact) mass is 330 g/mol. The molecule has 1 saturated carbocycles. The molecule has 0 aromatic rings. The molecule has 2 unspecified atom stereocenters. The van der Waals surface area contributed by atoms with Gasteiger partial charge < -0.3 is 9.80 Å². The fraction of sp³-hybridized carbons (Fsp3) is 1.00. The van der Waals surface area contributed by atoms with Crippen LogP contribution in [0, 0.1) is 11.3 Å². The molecule has 1 aliphatic carbocycles. The van der Waals surface area contributed by atoms with Gasteiger partial charge in [-0.3, -0.25) is 0 Å². The third kappa shape index (κ3) is 3.95. The van der Waals surface area contributed by atoms with Crippen LogP contribution in [0.25, 0.3) is 0 Å². The number of rotatable bonds is 4. The summed E-state index contributed by atoms with van der Waals surface area (Å²) >= 11 is 3.83. The summed E-state index contributed by atoms with van der Waals surface area (Å²) in [6, 6.07) is 0.748. The van der Waals surface area contributed by atoms with Gasteiger partial charge in [0, 0.05) is 31.0 Å². The third-order valence-corrected chi connectivity index (χ3v) is 6.51. The molecule has 0 radical (unpaired) electrons. The molecule has 0 aromatic carbocycles. The first-order chi connectivity index (χ1) is 9.06. The zero-order valence-electron chi connectivity index (χ0n) is 13.0. The Bertz CT molecular complexity index is 272. The predicted octanol–water partition coefficient (Wildman–Crippen LogP) is 3.60. The van der Waals surface area contributed by atoms with Gasteiger partial charge in [0.15, 0.2) is 0 Å². The van der Waals surface area contributed by atoms with E-state index in [0.717, 1.165) is 12.0 Å². The Morgan fingerprint density at radius 1 is 1.11 bits per heavy atom. The number of hydrogen-bond acceptors (Lipinski definition) is 2. The van der Waals surface area contributed by atoms with Crippen LogP contribution in [0.15, 0.2) is 0 Å². The molecular weight excluding hydrogens is 300 g/mol.